The lowest BCUT2D eigenvalue weighted by Crippen LogP contribution is -2.50. The Labute approximate surface area is 161 Å². The maximum atomic E-state index is 7.42. The first kappa shape index (κ1) is 17.8. The van der Waals surface area contributed by atoms with Crippen molar-refractivity contribution in [1.82, 2.24) is 0 Å². The maximum absolute atomic E-state index is 7.42. The standard InChI is InChI=1S/C25H41N/c1-17(2)8-7-10-19-11-12-21-22(19,4)14-15-24(26)23-13-6-5-9-20(23)16-18(3)25(21,23)24/h18-21H,1,5-16,26H2,2-4H3. The molecule has 0 aromatic rings. The van der Waals surface area contributed by atoms with Crippen molar-refractivity contribution >= 4 is 0 Å². The van der Waals surface area contributed by atoms with E-state index in [0.717, 1.165) is 23.7 Å². The van der Waals surface area contributed by atoms with E-state index >= 15 is 0 Å². The highest BCUT2D eigenvalue weighted by Gasteiger charge is 2.94. The van der Waals surface area contributed by atoms with Gasteiger partial charge in [-0.05, 0) is 106 Å². The molecule has 5 rings (SSSR count). The normalized spacial score (nSPS) is 57.1. The second-order valence-electron chi connectivity index (χ2n) is 11.6. The van der Waals surface area contributed by atoms with Crippen LogP contribution in [-0.4, -0.2) is 5.54 Å². The summed E-state index contributed by atoms with van der Waals surface area (Å²) in [6.07, 6.45) is 17.1. The van der Waals surface area contributed by atoms with Crippen LogP contribution in [0.2, 0.25) is 0 Å². The molecule has 0 saturated heterocycles. The second-order valence-corrected chi connectivity index (χ2v) is 11.6. The minimum Gasteiger partial charge on any atom is -0.324 e. The molecule has 8 unspecified atom stereocenters. The minimum absolute atomic E-state index is 0.208. The predicted molar refractivity (Wildman–Crippen MR) is 110 cm³/mol. The average molecular weight is 356 g/mol. The van der Waals surface area contributed by atoms with Gasteiger partial charge >= 0.3 is 0 Å². The summed E-state index contributed by atoms with van der Waals surface area (Å²) in [5, 5.41) is 0. The lowest BCUT2D eigenvalue weighted by Gasteiger charge is -2.49. The number of fused-ring (bicyclic) bond motifs is 1. The summed E-state index contributed by atoms with van der Waals surface area (Å²) in [5.74, 6) is 3.69. The van der Waals surface area contributed by atoms with Gasteiger partial charge in [0.25, 0.3) is 0 Å². The largest absolute Gasteiger partial charge is 0.324 e. The van der Waals surface area contributed by atoms with E-state index < -0.39 is 0 Å². The van der Waals surface area contributed by atoms with Gasteiger partial charge < -0.3 is 5.73 Å². The lowest BCUT2D eigenvalue weighted by atomic mass is 9.56. The van der Waals surface area contributed by atoms with E-state index in [1.807, 2.05) is 0 Å². The van der Waals surface area contributed by atoms with E-state index in [1.54, 1.807) is 0 Å². The molecule has 1 nitrogen and oxygen atoms in total. The Bertz CT molecular complexity index is 624. The van der Waals surface area contributed by atoms with E-state index in [2.05, 4.69) is 27.4 Å². The number of hydrogen-bond donors (Lipinski definition) is 1. The minimum atomic E-state index is 0.208. The van der Waals surface area contributed by atoms with E-state index in [4.69, 9.17) is 5.73 Å². The van der Waals surface area contributed by atoms with Crippen LogP contribution < -0.4 is 5.73 Å². The fraction of sp³-hybridized carbons (Fsp3) is 0.920. The molecule has 0 radical (unpaired) electrons. The van der Waals surface area contributed by atoms with Crippen molar-refractivity contribution in [3.8, 4) is 0 Å². The molecule has 5 aliphatic rings. The van der Waals surface area contributed by atoms with Gasteiger partial charge in [-0.1, -0.05) is 32.3 Å². The number of hydrogen-bond acceptors (Lipinski definition) is 1. The number of nitrogens with two attached hydrogens (primary N) is 1. The van der Waals surface area contributed by atoms with Crippen LogP contribution in [0.25, 0.3) is 0 Å². The van der Waals surface area contributed by atoms with Crippen LogP contribution in [0.1, 0.15) is 97.8 Å². The Kier molecular flexibility index (Phi) is 3.69. The van der Waals surface area contributed by atoms with Crippen LogP contribution in [-0.2, 0) is 0 Å². The summed E-state index contributed by atoms with van der Waals surface area (Å²) >= 11 is 0. The smallest absolute Gasteiger partial charge is 0.0289 e. The van der Waals surface area contributed by atoms with E-state index in [-0.39, 0.29) is 5.54 Å². The molecule has 5 fully saturated rings. The molecular formula is C25H41N. The van der Waals surface area contributed by atoms with Crippen molar-refractivity contribution in [2.24, 2.45) is 45.7 Å². The number of rotatable bonds is 4. The monoisotopic (exact) mass is 355 g/mol. The fourth-order valence-electron chi connectivity index (χ4n) is 10.4. The zero-order valence-corrected chi connectivity index (χ0v) is 17.6. The molecule has 0 bridgehead atoms. The second kappa shape index (κ2) is 5.40. The summed E-state index contributed by atoms with van der Waals surface area (Å²) in [5.41, 5.74) is 10.6. The van der Waals surface area contributed by atoms with Crippen LogP contribution in [0.15, 0.2) is 12.2 Å². The third-order valence-electron chi connectivity index (χ3n) is 11.0. The van der Waals surface area contributed by atoms with Crippen LogP contribution in [0.4, 0.5) is 0 Å². The molecule has 0 aromatic carbocycles. The average Bonchev–Trinajstić information content (AvgIpc) is 2.81. The first-order valence-electron chi connectivity index (χ1n) is 11.8. The molecule has 5 aliphatic carbocycles. The van der Waals surface area contributed by atoms with Gasteiger partial charge in [0.05, 0.1) is 0 Å². The van der Waals surface area contributed by atoms with Crippen molar-refractivity contribution in [1.29, 1.82) is 0 Å². The summed E-state index contributed by atoms with van der Waals surface area (Å²) in [4.78, 5) is 0. The molecule has 2 spiro atoms. The number of allylic oxidation sites excluding steroid dienone is 1. The van der Waals surface area contributed by atoms with Gasteiger partial charge in [-0.25, -0.2) is 0 Å². The molecule has 0 aliphatic heterocycles. The molecule has 0 amide bonds. The third-order valence-corrected chi connectivity index (χ3v) is 11.0. The van der Waals surface area contributed by atoms with E-state index in [1.165, 1.54) is 82.6 Å². The molecule has 2 N–H and O–H groups in total. The summed E-state index contributed by atoms with van der Waals surface area (Å²) < 4.78 is 0. The summed E-state index contributed by atoms with van der Waals surface area (Å²) in [6, 6.07) is 0. The molecular weight excluding hydrogens is 314 g/mol. The van der Waals surface area contributed by atoms with Crippen molar-refractivity contribution in [2.45, 2.75) is 103 Å². The molecule has 146 valence electrons. The van der Waals surface area contributed by atoms with E-state index in [9.17, 15) is 0 Å². The Balaban J connectivity index is 1.47. The zero-order valence-electron chi connectivity index (χ0n) is 17.6. The molecule has 1 heteroatoms. The van der Waals surface area contributed by atoms with Crippen LogP contribution in [0, 0.1) is 39.9 Å². The zero-order chi connectivity index (χ0) is 18.4. The van der Waals surface area contributed by atoms with Gasteiger partial charge in [0, 0.05) is 11.0 Å². The highest BCUT2D eigenvalue weighted by molar-refractivity contribution is 5.45. The maximum Gasteiger partial charge on any atom is 0.0289 e. The Hall–Kier alpha value is -0.300. The van der Waals surface area contributed by atoms with E-state index in [0.29, 0.717) is 16.2 Å². The molecule has 0 aromatic heterocycles. The van der Waals surface area contributed by atoms with Gasteiger partial charge in [-0.2, -0.15) is 0 Å². The fourth-order valence-corrected chi connectivity index (χ4v) is 10.4. The summed E-state index contributed by atoms with van der Waals surface area (Å²) in [6.45, 7) is 11.6. The molecule has 8 atom stereocenters. The Morgan fingerprint density at radius 3 is 2.69 bits per heavy atom. The highest BCUT2D eigenvalue weighted by atomic mass is 15.1. The Morgan fingerprint density at radius 2 is 1.92 bits per heavy atom. The third kappa shape index (κ3) is 1.70. The van der Waals surface area contributed by atoms with Crippen molar-refractivity contribution in [3.63, 3.8) is 0 Å². The molecule has 0 heterocycles. The van der Waals surface area contributed by atoms with Gasteiger partial charge in [-0.3, -0.25) is 0 Å². The Morgan fingerprint density at radius 1 is 1.12 bits per heavy atom. The quantitative estimate of drug-likeness (QED) is 0.574. The highest BCUT2D eigenvalue weighted by Crippen LogP contribution is 2.93. The SMILES string of the molecule is C=C(C)CCCC1CCC2C1(C)CCC1(N)C34CCCCC3CC(C)C214. The predicted octanol–water partition coefficient (Wildman–Crippen LogP) is 6.47. The van der Waals surface area contributed by atoms with Gasteiger partial charge in [0.2, 0.25) is 0 Å². The van der Waals surface area contributed by atoms with Gasteiger partial charge in [0.1, 0.15) is 0 Å². The van der Waals surface area contributed by atoms with Crippen molar-refractivity contribution in [2.75, 3.05) is 0 Å². The lowest BCUT2D eigenvalue weighted by molar-refractivity contribution is 0.00306. The first-order chi connectivity index (χ1) is 12.3. The molecule has 5 saturated carbocycles. The van der Waals surface area contributed by atoms with Gasteiger partial charge in [0.15, 0.2) is 0 Å². The van der Waals surface area contributed by atoms with Crippen LogP contribution >= 0.6 is 0 Å². The van der Waals surface area contributed by atoms with Gasteiger partial charge in [-0.15, -0.1) is 6.58 Å². The summed E-state index contributed by atoms with van der Waals surface area (Å²) in [7, 11) is 0. The van der Waals surface area contributed by atoms with Crippen LogP contribution in [0.3, 0.4) is 0 Å². The first-order valence-corrected chi connectivity index (χ1v) is 11.8. The molecule has 26 heavy (non-hydrogen) atoms. The van der Waals surface area contributed by atoms with Crippen molar-refractivity contribution < 1.29 is 0 Å². The van der Waals surface area contributed by atoms with Crippen molar-refractivity contribution in [3.05, 3.63) is 12.2 Å². The van der Waals surface area contributed by atoms with Crippen LogP contribution in [0.5, 0.6) is 0 Å². The topological polar surface area (TPSA) is 26.0 Å².